The summed E-state index contributed by atoms with van der Waals surface area (Å²) in [7, 11) is 1.92. The minimum Gasteiger partial charge on any atom is -0.325 e. The number of aryl methyl sites for hydroxylation is 1. The first kappa shape index (κ1) is 13.2. The van der Waals surface area contributed by atoms with Crippen molar-refractivity contribution in [2.75, 3.05) is 0 Å². The Morgan fingerprint density at radius 1 is 1.28 bits per heavy atom. The van der Waals surface area contributed by atoms with Gasteiger partial charge in [0.25, 0.3) is 0 Å². The van der Waals surface area contributed by atoms with Crippen LogP contribution in [0.1, 0.15) is 19.5 Å². The molecule has 2 aromatic rings. The number of thioether (sulfide) groups is 1. The first-order chi connectivity index (χ1) is 8.60. The van der Waals surface area contributed by atoms with Crippen LogP contribution in [-0.2, 0) is 13.6 Å². The van der Waals surface area contributed by atoms with Crippen LogP contribution in [-0.4, -0.2) is 15.0 Å². The van der Waals surface area contributed by atoms with E-state index in [1.807, 2.05) is 29.7 Å². The monoisotopic (exact) mass is 261 g/mol. The molecule has 0 unspecified atom stereocenters. The first-order valence-electron chi connectivity index (χ1n) is 6.10. The van der Waals surface area contributed by atoms with Crippen LogP contribution in [0.4, 0.5) is 0 Å². The van der Waals surface area contributed by atoms with Gasteiger partial charge < -0.3 is 5.73 Å². The van der Waals surface area contributed by atoms with Gasteiger partial charge in [0.2, 0.25) is 0 Å². The summed E-state index contributed by atoms with van der Waals surface area (Å²) < 4.78 is 1.81. The maximum absolute atomic E-state index is 5.72. The van der Waals surface area contributed by atoms with Crippen LogP contribution in [0.5, 0.6) is 0 Å². The number of nitrogens with zero attached hydrogens (tertiary/aromatic N) is 2. The lowest BCUT2D eigenvalue weighted by Gasteiger charge is -2.06. The predicted molar refractivity (Wildman–Crippen MR) is 77.5 cm³/mol. The minimum absolute atomic E-state index is 0.471. The van der Waals surface area contributed by atoms with Gasteiger partial charge in [0, 0.05) is 35.5 Å². The molecule has 18 heavy (non-hydrogen) atoms. The maximum Gasteiger partial charge on any atom is 0.0838 e. The Balaban J connectivity index is 2.28. The van der Waals surface area contributed by atoms with E-state index in [4.69, 9.17) is 5.73 Å². The second-order valence-electron chi connectivity index (χ2n) is 4.56. The summed E-state index contributed by atoms with van der Waals surface area (Å²) in [6.07, 6.45) is 2.02. The van der Waals surface area contributed by atoms with Crippen LogP contribution in [0.15, 0.2) is 35.4 Å². The van der Waals surface area contributed by atoms with Gasteiger partial charge in [-0.25, -0.2) is 0 Å². The van der Waals surface area contributed by atoms with Gasteiger partial charge in [-0.2, -0.15) is 5.10 Å². The molecule has 4 heteroatoms. The average molecular weight is 261 g/mol. The van der Waals surface area contributed by atoms with Crippen molar-refractivity contribution in [2.24, 2.45) is 12.8 Å². The third-order valence-corrected chi connectivity index (χ3v) is 3.65. The average Bonchev–Trinajstić information content (AvgIpc) is 2.71. The van der Waals surface area contributed by atoms with Crippen LogP contribution in [0.2, 0.25) is 0 Å². The van der Waals surface area contributed by atoms with E-state index in [9.17, 15) is 0 Å². The molecule has 0 saturated heterocycles. The fourth-order valence-corrected chi connectivity index (χ4v) is 2.75. The third kappa shape index (κ3) is 2.94. The number of rotatable bonds is 4. The van der Waals surface area contributed by atoms with Gasteiger partial charge in [-0.3, -0.25) is 4.68 Å². The molecule has 0 radical (unpaired) electrons. The number of hydrogen-bond acceptors (Lipinski definition) is 3. The smallest absolute Gasteiger partial charge is 0.0838 e. The van der Waals surface area contributed by atoms with Gasteiger partial charge in [-0.05, 0) is 17.7 Å². The van der Waals surface area contributed by atoms with E-state index in [1.165, 1.54) is 10.5 Å². The summed E-state index contributed by atoms with van der Waals surface area (Å²) in [5, 5.41) is 4.97. The second-order valence-corrected chi connectivity index (χ2v) is 6.21. The van der Waals surface area contributed by atoms with Gasteiger partial charge >= 0.3 is 0 Å². The molecule has 3 nitrogen and oxygen atoms in total. The molecular weight excluding hydrogens is 242 g/mol. The van der Waals surface area contributed by atoms with Crippen molar-refractivity contribution in [1.82, 2.24) is 9.78 Å². The Bertz CT molecular complexity index is 514. The van der Waals surface area contributed by atoms with E-state index in [-0.39, 0.29) is 0 Å². The highest BCUT2D eigenvalue weighted by Gasteiger charge is 2.08. The first-order valence-corrected chi connectivity index (χ1v) is 6.98. The van der Waals surface area contributed by atoms with Crippen molar-refractivity contribution in [3.63, 3.8) is 0 Å². The van der Waals surface area contributed by atoms with Gasteiger partial charge in [0.05, 0.1) is 5.69 Å². The van der Waals surface area contributed by atoms with E-state index in [2.05, 4.69) is 43.2 Å². The molecule has 2 rings (SSSR count). The highest BCUT2D eigenvalue weighted by molar-refractivity contribution is 7.99. The van der Waals surface area contributed by atoms with Crippen molar-refractivity contribution in [2.45, 2.75) is 30.5 Å². The predicted octanol–water partition coefficient (Wildman–Crippen LogP) is 3.05. The van der Waals surface area contributed by atoms with Gasteiger partial charge in [-0.15, -0.1) is 11.8 Å². The summed E-state index contributed by atoms with van der Waals surface area (Å²) in [4.78, 5) is 1.30. The van der Waals surface area contributed by atoms with Crippen molar-refractivity contribution >= 4 is 11.8 Å². The molecule has 0 bridgehead atoms. The van der Waals surface area contributed by atoms with Crippen molar-refractivity contribution in [3.8, 4) is 11.1 Å². The van der Waals surface area contributed by atoms with Crippen LogP contribution >= 0.6 is 11.8 Å². The lowest BCUT2D eigenvalue weighted by atomic mass is 10.1. The highest BCUT2D eigenvalue weighted by Crippen LogP contribution is 2.27. The Morgan fingerprint density at radius 2 is 1.94 bits per heavy atom. The lowest BCUT2D eigenvalue weighted by Crippen LogP contribution is -1.99. The van der Waals surface area contributed by atoms with Crippen LogP contribution in [0.3, 0.4) is 0 Å². The topological polar surface area (TPSA) is 43.8 Å². The summed E-state index contributed by atoms with van der Waals surface area (Å²) in [6.45, 7) is 4.87. The molecule has 0 aliphatic heterocycles. The van der Waals surface area contributed by atoms with E-state index in [0.717, 1.165) is 11.3 Å². The SMILES string of the molecule is CC(C)Sc1ccc(-c2cn(C)nc2CN)cc1. The Hall–Kier alpha value is -1.26. The molecule has 0 aliphatic rings. The molecular formula is C14H19N3S. The number of nitrogens with two attached hydrogens (primary N) is 1. The number of aromatic nitrogens is 2. The third-order valence-electron chi connectivity index (χ3n) is 2.64. The Labute approximate surface area is 112 Å². The zero-order valence-electron chi connectivity index (χ0n) is 11.1. The molecule has 0 aliphatic carbocycles. The fraction of sp³-hybridized carbons (Fsp3) is 0.357. The van der Waals surface area contributed by atoms with Gasteiger partial charge in [0.1, 0.15) is 0 Å². The number of hydrogen-bond donors (Lipinski definition) is 1. The normalized spacial score (nSPS) is 11.2. The van der Waals surface area contributed by atoms with E-state index < -0.39 is 0 Å². The molecule has 0 spiro atoms. The minimum atomic E-state index is 0.471. The van der Waals surface area contributed by atoms with E-state index in [0.29, 0.717) is 11.8 Å². The largest absolute Gasteiger partial charge is 0.325 e. The number of benzene rings is 1. The summed E-state index contributed by atoms with van der Waals surface area (Å²) in [6, 6.07) is 8.60. The Kier molecular flexibility index (Phi) is 4.09. The van der Waals surface area contributed by atoms with Crippen LogP contribution < -0.4 is 5.73 Å². The fourth-order valence-electron chi connectivity index (χ4n) is 1.91. The molecule has 0 amide bonds. The summed E-state index contributed by atoms with van der Waals surface area (Å²) in [5.41, 5.74) is 8.97. The standard InChI is InChI=1S/C14H19N3S/c1-10(2)18-12-6-4-11(5-7-12)13-9-17(3)16-14(13)8-15/h4-7,9-10H,8,15H2,1-3H3. The molecule has 1 aromatic carbocycles. The lowest BCUT2D eigenvalue weighted by molar-refractivity contribution is 0.742. The van der Waals surface area contributed by atoms with Crippen molar-refractivity contribution in [1.29, 1.82) is 0 Å². The zero-order valence-corrected chi connectivity index (χ0v) is 11.9. The van der Waals surface area contributed by atoms with Crippen LogP contribution in [0, 0.1) is 0 Å². The van der Waals surface area contributed by atoms with Crippen molar-refractivity contribution in [3.05, 3.63) is 36.2 Å². The van der Waals surface area contributed by atoms with E-state index in [1.54, 1.807) is 0 Å². The zero-order chi connectivity index (χ0) is 13.1. The molecule has 0 fully saturated rings. The molecule has 2 N–H and O–H groups in total. The quantitative estimate of drug-likeness (QED) is 0.860. The van der Waals surface area contributed by atoms with Crippen molar-refractivity contribution < 1.29 is 0 Å². The molecule has 0 saturated carbocycles. The maximum atomic E-state index is 5.72. The molecule has 1 aromatic heterocycles. The second kappa shape index (κ2) is 5.59. The van der Waals surface area contributed by atoms with Crippen LogP contribution in [0.25, 0.3) is 11.1 Å². The molecule has 1 heterocycles. The highest BCUT2D eigenvalue weighted by atomic mass is 32.2. The summed E-state index contributed by atoms with van der Waals surface area (Å²) >= 11 is 1.87. The van der Waals surface area contributed by atoms with Gasteiger partial charge in [-0.1, -0.05) is 26.0 Å². The van der Waals surface area contributed by atoms with E-state index >= 15 is 0 Å². The Morgan fingerprint density at radius 3 is 2.50 bits per heavy atom. The summed E-state index contributed by atoms with van der Waals surface area (Å²) in [5.74, 6) is 0. The molecule has 0 atom stereocenters. The molecule has 96 valence electrons. The van der Waals surface area contributed by atoms with Gasteiger partial charge in [0.15, 0.2) is 0 Å².